The molecular weight excluding hydrogens is 342 g/mol. The van der Waals surface area contributed by atoms with Crippen molar-refractivity contribution < 1.29 is 9.59 Å². The molecule has 2 amide bonds. The number of thiazole rings is 1. The second-order valence-corrected chi connectivity index (χ2v) is 8.88. The molecule has 2 bridgehead atoms. The molecule has 0 spiro atoms. The van der Waals surface area contributed by atoms with E-state index in [1.807, 2.05) is 20.7 Å². The minimum Gasteiger partial charge on any atom is -0.339 e. The molecule has 5 rings (SSSR count). The molecule has 4 fully saturated rings. The molecule has 4 aliphatic rings. The molecule has 130 valence electrons. The van der Waals surface area contributed by atoms with E-state index >= 15 is 0 Å². The van der Waals surface area contributed by atoms with Gasteiger partial charge in [-0.3, -0.25) is 9.59 Å². The first-order valence-electron chi connectivity index (χ1n) is 8.74. The third-order valence-corrected chi connectivity index (χ3v) is 7.03. The standard InChI is InChI=1S/C17H23N3O2S2/c21-16(10-23-8-12-1-2-12)19-5-13-3-4-15(7-19)20(17(13)22)6-14-9-24-11-18-14/h9,11-13,15H,1-8,10H2. The van der Waals surface area contributed by atoms with E-state index < -0.39 is 0 Å². The number of fused-ring (bicyclic) bond motifs is 4. The van der Waals surface area contributed by atoms with E-state index in [9.17, 15) is 9.59 Å². The molecule has 1 aromatic heterocycles. The van der Waals surface area contributed by atoms with Crippen LogP contribution in [0.1, 0.15) is 31.4 Å². The summed E-state index contributed by atoms with van der Waals surface area (Å²) in [6.45, 7) is 1.88. The highest BCUT2D eigenvalue weighted by Gasteiger charge is 2.41. The van der Waals surface area contributed by atoms with Gasteiger partial charge in [0.1, 0.15) is 0 Å². The summed E-state index contributed by atoms with van der Waals surface area (Å²) in [5, 5.41) is 2.00. The number of thioether (sulfide) groups is 1. The Morgan fingerprint density at radius 2 is 2.17 bits per heavy atom. The third-order valence-electron chi connectivity index (χ3n) is 5.24. The maximum atomic E-state index is 12.8. The molecule has 0 aromatic carbocycles. The maximum Gasteiger partial charge on any atom is 0.232 e. The Morgan fingerprint density at radius 1 is 1.29 bits per heavy atom. The number of hydrogen-bond acceptors (Lipinski definition) is 5. The number of nitrogens with zero attached hydrogens (tertiary/aromatic N) is 3. The van der Waals surface area contributed by atoms with Crippen molar-refractivity contribution in [3.63, 3.8) is 0 Å². The second kappa shape index (κ2) is 7.04. The van der Waals surface area contributed by atoms with Crippen molar-refractivity contribution in [3.8, 4) is 0 Å². The first-order chi connectivity index (χ1) is 11.7. The molecule has 1 aliphatic carbocycles. The molecule has 0 N–H and O–H groups in total. The van der Waals surface area contributed by atoms with Crippen LogP contribution in [0.25, 0.3) is 0 Å². The van der Waals surface area contributed by atoms with Gasteiger partial charge in [-0.1, -0.05) is 0 Å². The van der Waals surface area contributed by atoms with Crippen molar-refractivity contribution >= 4 is 34.9 Å². The zero-order valence-electron chi connectivity index (χ0n) is 13.7. The van der Waals surface area contributed by atoms with E-state index in [2.05, 4.69) is 4.98 Å². The fourth-order valence-electron chi connectivity index (χ4n) is 3.63. The zero-order valence-corrected chi connectivity index (χ0v) is 15.4. The molecule has 24 heavy (non-hydrogen) atoms. The molecule has 1 saturated carbocycles. The number of carbonyl (C=O) groups excluding carboxylic acids is 2. The van der Waals surface area contributed by atoms with Crippen molar-refractivity contribution in [2.45, 2.75) is 38.3 Å². The Kier molecular flexibility index (Phi) is 4.81. The van der Waals surface area contributed by atoms with Crippen molar-refractivity contribution in [1.82, 2.24) is 14.8 Å². The Balaban J connectivity index is 1.39. The summed E-state index contributed by atoms with van der Waals surface area (Å²) in [4.78, 5) is 33.6. The normalized spacial score (nSPS) is 26.8. The monoisotopic (exact) mass is 365 g/mol. The lowest BCUT2D eigenvalue weighted by atomic mass is 9.94. The topological polar surface area (TPSA) is 53.5 Å². The van der Waals surface area contributed by atoms with E-state index in [4.69, 9.17) is 0 Å². The van der Waals surface area contributed by atoms with Gasteiger partial charge < -0.3 is 9.80 Å². The summed E-state index contributed by atoms with van der Waals surface area (Å²) in [5.74, 6) is 2.91. The third kappa shape index (κ3) is 3.61. The number of aromatic nitrogens is 1. The van der Waals surface area contributed by atoms with Gasteiger partial charge in [-0.15, -0.1) is 11.3 Å². The first kappa shape index (κ1) is 16.4. The van der Waals surface area contributed by atoms with Crippen molar-refractivity contribution in [1.29, 1.82) is 0 Å². The van der Waals surface area contributed by atoms with Crippen molar-refractivity contribution in [3.05, 3.63) is 16.6 Å². The lowest BCUT2D eigenvalue weighted by molar-refractivity contribution is -0.140. The molecular formula is C17H23N3O2S2. The van der Waals surface area contributed by atoms with E-state index in [0.717, 1.165) is 30.2 Å². The fraction of sp³-hybridized carbons (Fsp3) is 0.706. The quantitative estimate of drug-likeness (QED) is 0.776. The molecule has 0 radical (unpaired) electrons. The van der Waals surface area contributed by atoms with Crippen LogP contribution >= 0.6 is 23.1 Å². The summed E-state index contributed by atoms with van der Waals surface area (Å²) < 4.78 is 0. The Hall–Kier alpha value is -1.08. The minimum absolute atomic E-state index is 0.0280. The van der Waals surface area contributed by atoms with Crippen LogP contribution in [0.15, 0.2) is 10.9 Å². The largest absolute Gasteiger partial charge is 0.339 e. The van der Waals surface area contributed by atoms with Crippen LogP contribution in [-0.4, -0.2) is 57.2 Å². The summed E-state index contributed by atoms with van der Waals surface area (Å²) in [7, 11) is 0. The number of rotatable bonds is 6. The van der Waals surface area contributed by atoms with E-state index in [0.29, 0.717) is 25.4 Å². The van der Waals surface area contributed by atoms with E-state index in [1.165, 1.54) is 12.8 Å². The number of amides is 2. The lowest BCUT2D eigenvalue weighted by Gasteiger charge is -2.35. The highest BCUT2D eigenvalue weighted by atomic mass is 32.2. The smallest absolute Gasteiger partial charge is 0.232 e. The van der Waals surface area contributed by atoms with Gasteiger partial charge in [0.2, 0.25) is 11.8 Å². The van der Waals surface area contributed by atoms with Gasteiger partial charge in [0, 0.05) is 24.5 Å². The second-order valence-electron chi connectivity index (χ2n) is 7.13. The zero-order chi connectivity index (χ0) is 16.5. The van der Waals surface area contributed by atoms with E-state index in [1.54, 1.807) is 23.1 Å². The molecule has 4 heterocycles. The number of piperidine rings is 1. The van der Waals surface area contributed by atoms with Crippen LogP contribution in [0, 0.1) is 11.8 Å². The average Bonchev–Trinajstić information content (AvgIpc) is 3.32. The number of carbonyl (C=O) groups is 2. The van der Waals surface area contributed by atoms with Crippen LogP contribution in [0.2, 0.25) is 0 Å². The van der Waals surface area contributed by atoms with Crippen LogP contribution in [0.5, 0.6) is 0 Å². The molecule has 2 unspecified atom stereocenters. The van der Waals surface area contributed by atoms with Gasteiger partial charge >= 0.3 is 0 Å². The SMILES string of the molecule is O=C(CSCC1CC1)N1CC2CCC(C1)N(Cc1cscn1)C2=O. The summed E-state index contributed by atoms with van der Waals surface area (Å²) >= 11 is 3.32. The van der Waals surface area contributed by atoms with Crippen LogP contribution in [-0.2, 0) is 16.1 Å². The van der Waals surface area contributed by atoms with Crippen molar-refractivity contribution in [2.75, 3.05) is 24.6 Å². The van der Waals surface area contributed by atoms with Crippen LogP contribution < -0.4 is 0 Å². The van der Waals surface area contributed by atoms with Gasteiger partial charge in [-0.25, -0.2) is 4.98 Å². The predicted octanol–water partition coefficient (Wildman–Crippen LogP) is 2.24. The van der Waals surface area contributed by atoms with Gasteiger partial charge in [0.25, 0.3) is 0 Å². The average molecular weight is 366 g/mol. The molecule has 3 saturated heterocycles. The lowest BCUT2D eigenvalue weighted by Crippen LogP contribution is -2.47. The number of hydrogen-bond donors (Lipinski definition) is 0. The minimum atomic E-state index is -0.0280. The predicted molar refractivity (Wildman–Crippen MR) is 95.8 cm³/mol. The van der Waals surface area contributed by atoms with Gasteiger partial charge in [0.15, 0.2) is 0 Å². The highest BCUT2D eigenvalue weighted by Crippen LogP contribution is 2.33. The van der Waals surface area contributed by atoms with Gasteiger partial charge in [0.05, 0.1) is 29.4 Å². The van der Waals surface area contributed by atoms with Gasteiger partial charge in [-0.05, 0) is 37.4 Å². The fourth-order valence-corrected chi connectivity index (χ4v) is 5.32. The van der Waals surface area contributed by atoms with Crippen molar-refractivity contribution in [2.24, 2.45) is 11.8 Å². The molecule has 3 aliphatic heterocycles. The molecule has 5 nitrogen and oxygen atoms in total. The Morgan fingerprint density at radius 3 is 2.92 bits per heavy atom. The molecule has 7 heteroatoms. The Bertz CT molecular complexity index is 603. The summed E-state index contributed by atoms with van der Waals surface area (Å²) in [5.41, 5.74) is 2.77. The highest BCUT2D eigenvalue weighted by molar-refractivity contribution is 7.99. The maximum absolute atomic E-state index is 12.8. The summed E-state index contributed by atoms with van der Waals surface area (Å²) in [6, 6.07) is 0.148. The summed E-state index contributed by atoms with van der Waals surface area (Å²) in [6.07, 6.45) is 4.57. The Labute approximate surface area is 150 Å². The van der Waals surface area contributed by atoms with Crippen LogP contribution in [0.4, 0.5) is 0 Å². The van der Waals surface area contributed by atoms with Crippen LogP contribution in [0.3, 0.4) is 0 Å². The molecule has 2 atom stereocenters. The first-order valence-corrected chi connectivity index (χ1v) is 10.8. The van der Waals surface area contributed by atoms with Gasteiger partial charge in [-0.2, -0.15) is 11.8 Å². The molecule has 1 aromatic rings. The van der Waals surface area contributed by atoms with E-state index in [-0.39, 0.29) is 23.8 Å².